The van der Waals surface area contributed by atoms with Crippen LogP contribution in [0.1, 0.15) is 26.3 Å². The van der Waals surface area contributed by atoms with Crippen LogP contribution in [0.4, 0.5) is 0 Å². The third kappa shape index (κ3) is 3.08. The molecule has 3 N–H and O–H groups in total. The van der Waals surface area contributed by atoms with Crippen LogP contribution in [0.25, 0.3) is 0 Å². The third-order valence-electron chi connectivity index (χ3n) is 4.29. The molecule has 5 unspecified atom stereocenters. The average molecular weight is 284 g/mol. The molecule has 1 saturated heterocycles. The minimum Gasteiger partial charge on any atom is -0.375 e. The highest BCUT2D eigenvalue weighted by atomic mass is 35.5. The summed E-state index contributed by atoms with van der Waals surface area (Å²) >= 11 is 6.17. The number of hydrogen-bond acceptors (Lipinski definition) is 4. The number of nitrogens with one attached hydrogen (secondary N) is 1. The summed E-state index contributed by atoms with van der Waals surface area (Å²) < 4.78 is 5.90. The predicted octanol–water partition coefficient (Wildman–Crippen LogP) is 2.17. The standard InChI is InChI=1S/C14H22ClN3O/c1-8-9(2)19-10(3)14(8)13(18-16)6-11-4-5-17-7-12(11)15/h4-5,7-10,13-14,18H,6,16H2,1-3H3. The molecule has 0 amide bonds. The van der Waals surface area contributed by atoms with E-state index in [1.54, 1.807) is 12.4 Å². The molecule has 0 spiro atoms. The number of ether oxygens (including phenoxy) is 1. The summed E-state index contributed by atoms with van der Waals surface area (Å²) in [7, 11) is 0. The second-order valence-electron chi connectivity index (χ2n) is 5.43. The van der Waals surface area contributed by atoms with Crippen LogP contribution in [-0.2, 0) is 11.2 Å². The van der Waals surface area contributed by atoms with E-state index in [1.807, 2.05) is 6.07 Å². The molecule has 1 fully saturated rings. The zero-order valence-corrected chi connectivity index (χ0v) is 12.4. The van der Waals surface area contributed by atoms with E-state index in [2.05, 4.69) is 31.2 Å². The molecule has 1 aliphatic heterocycles. The first-order valence-corrected chi connectivity index (χ1v) is 7.12. The van der Waals surface area contributed by atoms with E-state index in [9.17, 15) is 0 Å². The fraction of sp³-hybridized carbons (Fsp3) is 0.643. The summed E-state index contributed by atoms with van der Waals surface area (Å²) in [4.78, 5) is 4.01. The Kier molecular flexibility index (Phi) is 4.79. The lowest BCUT2D eigenvalue weighted by Gasteiger charge is -2.28. The number of rotatable bonds is 4. The molecule has 0 aliphatic carbocycles. The van der Waals surface area contributed by atoms with Crippen LogP contribution < -0.4 is 11.3 Å². The van der Waals surface area contributed by atoms with Crippen molar-refractivity contribution in [1.82, 2.24) is 10.4 Å². The summed E-state index contributed by atoms with van der Waals surface area (Å²) in [6.07, 6.45) is 4.68. The van der Waals surface area contributed by atoms with Crippen LogP contribution in [0, 0.1) is 11.8 Å². The molecule has 5 atom stereocenters. The molecular formula is C14H22ClN3O. The first-order chi connectivity index (χ1) is 9.04. The average Bonchev–Trinajstić information content (AvgIpc) is 2.63. The van der Waals surface area contributed by atoms with Crippen molar-refractivity contribution in [1.29, 1.82) is 0 Å². The van der Waals surface area contributed by atoms with Crippen LogP contribution >= 0.6 is 11.6 Å². The molecule has 0 radical (unpaired) electrons. The third-order valence-corrected chi connectivity index (χ3v) is 4.63. The highest BCUT2D eigenvalue weighted by Crippen LogP contribution is 2.35. The molecule has 1 aromatic rings. The molecule has 0 aromatic carbocycles. The Morgan fingerprint density at radius 1 is 1.42 bits per heavy atom. The molecule has 2 heterocycles. The summed E-state index contributed by atoms with van der Waals surface area (Å²) in [5, 5.41) is 0.690. The van der Waals surface area contributed by atoms with Crippen molar-refractivity contribution >= 4 is 11.6 Å². The smallest absolute Gasteiger partial charge is 0.0621 e. The van der Waals surface area contributed by atoms with Gasteiger partial charge in [-0.15, -0.1) is 0 Å². The van der Waals surface area contributed by atoms with Gasteiger partial charge in [-0.2, -0.15) is 0 Å². The van der Waals surface area contributed by atoms with Crippen LogP contribution in [0.15, 0.2) is 18.5 Å². The van der Waals surface area contributed by atoms with Gasteiger partial charge in [0, 0.05) is 24.4 Å². The maximum absolute atomic E-state index is 6.17. The van der Waals surface area contributed by atoms with Crippen molar-refractivity contribution in [3.05, 3.63) is 29.0 Å². The van der Waals surface area contributed by atoms with Crippen molar-refractivity contribution in [2.75, 3.05) is 0 Å². The molecule has 0 saturated carbocycles. The first kappa shape index (κ1) is 14.7. The lowest BCUT2D eigenvalue weighted by molar-refractivity contribution is 0.0476. The summed E-state index contributed by atoms with van der Waals surface area (Å²) in [5.41, 5.74) is 4.01. The number of nitrogens with two attached hydrogens (primary N) is 1. The largest absolute Gasteiger partial charge is 0.375 e. The predicted molar refractivity (Wildman–Crippen MR) is 76.7 cm³/mol. The summed E-state index contributed by atoms with van der Waals surface area (Å²) in [5.74, 6) is 6.60. The van der Waals surface area contributed by atoms with Gasteiger partial charge >= 0.3 is 0 Å². The molecule has 4 nitrogen and oxygen atoms in total. The Balaban J connectivity index is 2.15. The van der Waals surface area contributed by atoms with Crippen molar-refractivity contribution in [2.45, 2.75) is 45.4 Å². The lowest BCUT2D eigenvalue weighted by Crippen LogP contribution is -2.46. The molecule has 0 bridgehead atoms. The Hall–Kier alpha value is -0.680. The normalized spacial score (nSPS) is 32.5. The second kappa shape index (κ2) is 6.18. The quantitative estimate of drug-likeness (QED) is 0.657. The number of nitrogens with zero attached hydrogens (tertiary/aromatic N) is 1. The van der Waals surface area contributed by atoms with E-state index in [-0.39, 0.29) is 18.2 Å². The SMILES string of the molecule is CC1OC(C)C(C(Cc2ccncc2Cl)NN)C1C. The molecule has 19 heavy (non-hydrogen) atoms. The van der Waals surface area contributed by atoms with Gasteiger partial charge in [-0.1, -0.05) is 18.5 Å². The molecule has 106 valence electrons. The molecular weight excluding hydrogens is 262 g/mol. The maximum Gasteiger partial charge on any atom is 0.0621 e. The Bertz CT molecular complexity index is 429. The zero-order valence-electron chi connectivity index (χ0n) is 11.6. The summed E-state index contributed by atoms with van der Waals surface area (Å²) in [6.45, 7) is 6.45. The van der Waals surface area contributed by atoms with Crippen molar-refractivity contribution in [2.24, 2.45) is 17.7 Å². The van der Waals surface area contributed by atoms with Crippen LogP contribution in [0.5, 0.6) is 0 Å². The van der Waals surface area contributed by atoms with Crippen molar-refractivity contribution in [3.63, 3.8) is 0 Å². The van der Waals surface area contributed by atoms with Gasteiger partial charge in [0.25, 0.3) is 0 Å². The van der Waals surface area contributed by atoms with Crippen molar-refractivity contribution < 1.29 is 4.74 Å². The second-order valence-corrected chi connectivity index (χ2v) is 5.83. The van der Waals surface area contributed by atoms with Gasteiger partial charge in [0.1, 0.15) is 0 Å². The Morgan fingerprint density at radius 3 is 2.68 bits per heavy atom. The van der Waals surface area contributed by atoms with Gasteiger partial charge < -0.3 is 4.74 Å². The molecule has 2 rings (SSSR count). The van der Waals surface area contributed by atoms with E-state index in [4.69, 9.17) is 22.2 Å². The van der Waals surface area contributed by atoms with Gasteiger partial charge in [-0.05, 0) is 37.8 Å². The molecule has 1 aliphatic rings. The Labute approximate surface area is 119 Å². The van der Waals surface area contributed by atoms with E-state index in [0.717, 1.165) is 12.0 Å². The van der Waals surface area contributed by atoms with E-state index in [1.165, 1.54) is 0 Å². The monoisotopic (exact) mass is 283 g/mol. The van der Waals surface area contributed by atoms with Gasteiger partial charge in [0.05, 0.1) is 17.2 Å². The highest BCUT2D eigenvalue weighted by molar-refractivity contribution is 6.31. The first-order valence-electron chi connectivity index (χ1n) is 6.74. The van der Waals surface area contributed by atoms with E-state index in [0.29, 0.717) is 16.9 Å². The fourth-order valence-corrected chi connectivity index (χ4v) is 3.30. The number of hydrogen-bond donors (Lipinski definition) is 2. The van der Waals surface area contributed by atoms with Gasteiger partial charge in [-0.3, -0.25) is 16.3 Å². The van der Waals surface area contributed by atoms with Gasteiger partial charge in [-0.25, -0.2) is 0 Å². The van der Waals surface area contributed by atoms with E-state index >= 15 is 0 Å². The minimum absolute atomic E-state index is 0.148. The highest BCUT2D eigenvalue weighted by Gasteiger charge is 2.41. The van der Waals surface area contributed by atoms with E-state index < -0.39 is 0 Å². The zero-order chi connectivity index (χ0) is 14.0. The van der Waals surface area contributed by atoms with Crippen LogP contribution in [-0.4, -0.2) is 23.2 Å². The number of aromatic nitrogens is 1. The Morgan fingerprint density at radius 2 is 2.16 bits per heavy atom. The maximum atomic E-state index is 6.17. The number of pyridine rings is 1. The van der Waals surface area contributed by atoms with Crippen molar-refractivity contribution in [3.8, 4) is 0 Å². The number of halogens is 1. The lowest BCUT2D eigenvalue weighted by atomic mass is 9.81. The fourth-order valence-electron chi connectivity index (χ4n) is 3.10. The summed E-state index contributed by atoms with van der Waals surface area (Å²) in [6, 6.07) is 2.09. The van der Waals surface area contributed by atoms with Gasteiger partial charge in [0.2, 0.25) is 0 Å². The van der Waals surface area contributed by atoms with Gasteiger partial charge in [0.15, 0.2) is 0 Å². The minimum atomic E-state index is 0.148. The van der Waals surface area contributed by atoms with Crippen LogP contribution in [0.3, 0.4) is 0 Å². The molecule has 1 aromatic heterocycles. The number of hydrazine groups is 1. The topological polar surface area (TPSA) is 60.2 Å². The van der Waals surface area contributed by atoms with Crippen LogP contribution in [0.2, 0.25) is 5.02 Å². The molecule has 5 heteroatoms.